The number of esters is 1. The highest BCUT2D eigenvalue weighted by atomic mass is 16.5. The zero-order valence-corrected chi connectivity index (χ0v) is 16.7. The second-order valence-electron chi connectivity index (χ2n) is 7.09. The van der Waals surface area contributed by atoms with Gasteiger partial charge in [0.15, 0.2) is 0 Å². The van der Waals surface area contributed by atoms with Gasteiger partial charge in [-0.3, -0.25) is 10.1 Å². The Bertz CT molecular complexity index is 983. The average Bonchev–Trinajstić information content (AvgIpc) is 3.12. The third-order valence-corrected chi connectivity index (χ3v) is 5.24. The molecular formula is C23H26N2O4. The van der Waals surface area contributed by atoms with E-state index in [2.05, 4.69) is 22.4 Å². The van der Waals surface area contributed by atoms with Crippen LogP contribution in [0.25, 0.3) is 10.9 Å². The van der Waals surface area contributed by atoms with E-state index < -0.39 is 6.04 Å². The first-order valence-corrected chi connectivity index (χ1v) is 9.95. The number of benzene rings is 2. The number of aromatic amines is 1. The summed E-state index contributed by atoms with van der Waals surface area (Å²) in [6.45, 7) is 3.23. The fourth-order valence-corrected chi connectivity index (χ4v) is 3.90. The summed E-state index contributed by atoms with van der Waals surface area (Å²) in [4.78, 5) is 16.1. The molecule has 6 nitrogen and oxygen atoms in total. The third kappa shape index (κ3) is 3.99. The number of aromatic nitrogens is 1. The SMILES string of the molecule is CCOC(=O)C1Cc2c([nH]c3ccc(OCCOC)cc23)C(c2ccccc2)N1. The molecule has 29 heavy (non-hydrogen) atoms. The van der Waals surface area contributed by atoms with E-state index in [0.717, 1.165) is 33.5 Å². The highest BCUT2D eigenvalue weighted by molar-refractivity contribution is 5.88. The van der Waals surface area contributed by atoms with Crippen molar-refractivity contribution in [1.29, 1.82) is 0 Å². The van der Waals surface area contributed by atoms with Gasteiger partial charge in [0.1, 0.15) is 18.4 Å². The molecule has 1 aliphatic heterocycles. The first kappa shape index (κ1) is 19.5. The molecule has 4 rings (SSSR count). The van der Waals surface area contributed by atoms with E-state index in [9.17, 15) is 4.79 Å². The normalized spacial score (nSPS) is 18.4. The Morgan fingerprint density at radius 1 is 1.14 bits per heavy atom. The number of fused-ring (bicyclic) bond motifs is 3. The number of nitrogens with one attached hydrogen (secondary N) is 2. The van der Waals surface area contributed by atoms with Crippen molar-refractivity contribution in [1.82, 2.24) is 10.3 Å². The van der Waals surface area contributed by atoms with Crippen molar-refractivity contribution in [2.45, 2.75) is 25.4 Å². The lowest BCUT2D eigenvalue weighted by Gasteiger charge is -2.30. The Labute approximate surface area is 170 Å². The van der Waals surface area contributed by atoms with Gasteiger partial charge >= 0.3 is 5.97 Å². The fourth-order valence-electron chi connectivity index (χ4n) is 3.90. The average molecular weight is 394 g/mol. The molecule has 1 aliphatic rings. The molecule has 2 aromatic carbocycles. The second-order valence-corrected chi connectivity index (χ2v) is 7.09. The van der Waals surface area contributed by atoms with Crippen LogP contribution >= 0.6 is 0 Å². The molecule has 6 heteroatoms. The molecule has 0 saturated heterocycles. The molecule has 1 aromatic heterocycles. The minimum absolute atomic E-state index is 0.111. The van der Waals surface area contributed by atoms with Gasteiger partial charge < -0.3 is 19.2 Å². The van der Waals surface area contributed by atoms with Crippen molar-refractivity contribution in [3.05, 3.63) is 65.4 Å². The topological polar surface area (TPSA) is 72.6 Å². The maximum absolute atomic E-state index is 12.6. The van der Waals surface area contributed by atoms with Crippen molar-refractivity contribution in [2.75, 3.05) is 26.9 Å². The van der Waals surface area contributed by atoms with Crippen LogP contribution in [0.4, 0.5) is 0 Å². The molecule has 0 fully saturated rings. The van der Waals surface area contributed by atoms with Gasteiger partial charge in [-0.2, -0.15) is 0 Å². The van der Waals surface area contributed by atoms with Crippen LogP contribution in [0, 0.1) is 0 Å². The van der Waals surface area contributed by atoms with E-state index in [1.54, 1.807) is 7.11 Å². The molecular weight excluding hydrogens is 368 g/mol. The zero-order valence-electron chi connectivity index (χ0n) is 16.7. The van der Waals surface area contributed by atoms with Crippen LogP contribution in [0.1, 0.15) is 29.8 Å². The van der Waals surface area contributed by atoms with Crippen LogP contribution < -0.4 is 10.1 Å². The van der Waals surface area contributed by atoms with Crippen LogP contribution in [0.3, 0.4) is 0 Å². The number of methoxy groups -OCH3 is 1. The van der Waals surface area contributed by atoms with E-state index in [0.29, 0.717) is 26.2 Å². The van der Waals surface area contributed by atoms with E-state index in [4.69, 9.17) is 14.2 Å². The summed E-state index contributed by atoms with van der Waals surface area (Å²) in [6.07, 6.45) is 0.568. The summed E-state index contributed by atoms with van der Waals surface area (Å²) in [5, 5.41) is 4.55. The van der Waals surface area contributed by atoms with Crippen LogP contribution in [0.15, 0.2) is 48.5 Å². The van der Waals surface area contributed by atoms with Crippen molar-refractivity contribution in [2.24, 2.45) is 0 Å². The summed E-state index contributed by atoms with van der Waals surface area (Å²) >= 11 is 0. The van der Waals surface area contributed by atoms with Gasteiger partial charge in [-0.05, 0) is 36.2 Å². The molecule has 0 saturated carbocycles. The Balaban J connectivity index is 1.75. The summed E-state index contributed by atoms with van der Waals surface area (Å²) < 4.78 is 16.2. The first-order valence-electron chi connectivity index (χ1n) is 9.95. The monoisotopic (exact) mass is 394 g/mol. The lowest BCUT2D eigenvalue weighted by molar-refractivity contribution is -0.146. The number of rotatable bonds is 7. The summed E-state index contributed by atoms with van der Waals surface area (Å²) in [5.74, 6) is 0.569. The van der Waals surface area contributed by atoms with Crippen molar-refractivity contribution >= 4 is 16.9 Å². The third-order valence-electron chi connectivity index (χ3n) is 5.24. The van der Waals surface area contributed by atoms with Crippen molar-refractivity contribution in [3.8, 4) is 5.75 Å². The Morgan fingerprint density at radius 2 is 1.97 bits per heavy atom. The molecule has 2 atom stereocenters. The highest BCUT2D eigenvalue weighted by Crippen LogP contribution is 2.36. The molecule has 2 N–H and O–H groups in total. The second kappa shape index (κ2) is 8.68. The predicted molar refractivity (Wildman–Crippen MR) is 111 cm³/mol. The highest BCUT2D eigenvalue weighted by Gasteiger charge is 2.34. The molecule has 0 bridgehead atoms. The van der Waals surface area contributed by atoms with Crippen LogP contribution in [0.5, 0.6) is 5.75 Å². The van der Waals surface area contributed by atoms with Crippen LogP contribution in [-0.2, 0) is 20.7 Å². The number of carbonyl (C=O) groups is 1. The maximum Gasteiger partial charge on any atom is 0.323 e. The van der Waals surface area contributed by atoms with Crippen molar-refractivity contribution in [3.63, 3.8) is 0 Å². The minimum Gasteiger partial charge on any atom is -0.491 e. The molecule has 2 heterocycles. The number of H-pyrrole nitrogens is 1. The molecule has 0 spiro atoms. The van der Waals surface area contributed by atoms with Gasteiger partial charge in [-0.1, -0.05) is 30.3 Å². The van der Waals surface area contributed by atoms with Gasteiger partial charge in [0.2, 0.25) is 0 Å². The first-order chi connectivity index (χ1) is 14.2. The zero-order chi connectivity index (χ0) is 20.2. The van der Waals surface area contributed by atoms with Gasteiger partial charge in [-0.25, -0.2) is 0 Å². The quantitative estimate of drug-likeness (QED) is 0.475. The molecule has 0 aliphatic carbocycles. The minimum atomic E-state index is -0.398. The number of carbonyl (C=O) groups excluding carboxylic acids is 1. The van der Waals surface area contributed by atoms with Crippen molar-refractivity contribution < 1.29 is 19.0 Å². The summed E-state index contributed by atoms with van der Waals surface area (Å²) in [7, 11) is 1.65. The fraction of sp³-hybridized carbons (Fsp3) is 0.348. The van der Waals surface area contributed by atoms with E-state index in [-0.39, 0.29) is 12.0 Å². The van der Waals surface area contributed by atoms with Gasteiger partial charge in [-0.15, -0.1) is 0 Å². The van der Waals surface area contributed by atoms with Gasteiger partial charge in [0.25, 0.3) is 0 Å². The Hall–Kier alpha value is -2.83. The largest absolute Gasteiger partial charge is 0.491 e. The van der Waals surface area contributed by atoms with E-state index in [1.807, 2.05) is 43.3 Å². The number of ether oxygens (including phenoxy) is 3. The molecule has 0 radical (unpaired) electrons. The lowest BCUT2D eigenvalue weighted by atomic mass is 9.90. The standard InChI is InChI=1S/C23H26N2O4/c1-3-28-23(26)20-14-18-17-13-16(29-12-11-27-2)9-10-19(17)24-22(18)21(25-20)15-7-5-4-6-8-15/h4-10,13,20-21,24-25H,3,11-12,14H2,1-2H3. The predicted octanol–water partition coefficient (Wildman–Crippen LogP) is 3.36. The van der Waals surface area contributed by atoms with Crippen LogP contribution in [-0.4, -0.2) is 43.9 Å². The van der Waals surface area contributed by atoms with E-state index >= 15 is 0 Å². The summed E-state index contributed by atoms with van der Waals surface area (Å²) in [5.41, 5.74) is 4.34. The smallest absolute Gasteiger partial charge is 0.323 e. The Morgan fingerprint density at radius 3 is 2.72 bits per heavy atom. The van der Waals surface area contributed by atoms with Gasteiger partial charge in [0.05, 0.1) is 19.3 Å². The Kier molecular flexibility index (Phi) is 5.83. The van der Waals surface area contributed by atoms with E-state index in [1.165, 1.54) is 0 Å². The summed E-state index contributed by atoms with van der Waals surface area (Å²) in [6, 6.07) is 15.7. The maximum atomic E-state index is 12.6. The number of hydrogen-bond acceptors (Lipinski definition) is 5. The molecule has 3 aromatic rings. The van der Waals surface area contributed by atoms with Gasteiger partial charge in [0, 0.05) is 30.1 Å². The van der Waals surface area contributed by atoms with Crippen LogP contribution in [0.2, 0.25) is 0 Å². The molecule has 152 valence electrons. The number of hydrogen-bond donors (Lipinski definition) is 2. The molecule has 2 unspecified atom stereocenters. The molecule has 0 amide bonds. The lowest BCUT2D eigenvalue weighted by Crippen LogP contribution is -2.45.